The first kappa shape index (κ1) is 16.7. The quantitative estimate of drug-likeness (QED) is 0.878. The molecule has 0 saturated carbocycles. The summed E-state index contributed by atoms with van der Waals surface area (Å²) in [5.41, 5.74) is 0.597. The number of ether oxygens (including phenoxy) is 1. The topological polar surface area (TPSA) is 76.5 Å². The highest BCUT2D eigenvalue weighted by molar-refractivity contribution is 7.20. The Bertz CT molecular complexity index is 869. The SMILES string of the molecule is Cc1c(C(=O)N[C@@H]2COC[C@H]2N2CCCC2)sc2ncn(C)c(=O)c12. The van der Waals surface area contributed by atoms with E-state index >= 15 is 0 Å². The average Bonchev–Trinajstić information content (AvgIpc) is 3.30. The summed E-state index contributed by atoms with van der Waals surface area (Å²) in [6, 6.07) is 0.234. The molecular weight excluding hydrogens is 340 g/mol. The minimum Gasteiger partial charge on any atom is -0.378 e. The van der Waals surface area contributed by atoms with Gasteiger partial charge < -0.3 is 14.6 Å². The molecule has 1 N–H and O–H groups in total. The Hall–Kier alpha value is -1.77. The van der Waals surface area contributed by atoms with Crippen LogP contribution in [0.15, 0.2) is 11.1 Å². The van der Waals surface area contributed by atoms with E-state index in [0.29, 0.717) is 33.9 Å². The van der Waals surface area contributed by atoms with E-state index in [1.807, 2.05) is 6.92 Å². The van der Waals surface area contributed by atoms with Crippen LogP contribution in [0.3, 0.4) is 0 Å². The lowest BCUT2D eigenvalue weighted by Crippen LogP contribution is -2.50. The van der Waals surface area contributed by atoms with Crippen LogP contribution in [0.25, 0.3) is 10.2 Å². The monoisotopic (exact) mass is 362 g/mol. The molecule has 2 atom stereocenters. The number of nitrogens with one attached hydrogen (secondary N) is 1. The number of aromatic nitrogens is 2. The van der Waals surface area contributed by atoms with Gasteiger partial charge in [-0.05, 0) is 38.4 Å². The van der Waals surface area contributed by atoms with E-state index in [0.717, 1.165) is 13.1 Å². The molecule has 7 nitrogen and oxygen atoms in total. The number of aryl methyl sites for hydroxylation is 2. The van der Waals surface area contributed by atoms with E-state index < -0.39 is 0 Å². The zero-order valence-electron chi connectivity index (χ0n) is 14.4. The minimum atomic E-state index is -0.137. The number of carbonyl (C=O) groups is 1. The number of carbonyl (C=O) groups excluding carboxylic acids is 1. The third kappa shape index (κ3) is 2.88. The third-order valence-electron chi connectivity index (χ3n) is 5.19. The highest BCUT2D eigenvalue weighted by Crippen LogP contribution is 2.27. The molecule has 0 aromatic carbocycles. The van der Waals surface area contributed by atoms with Gasteiger partial charge in [0.25, 0.3) is 11.5 Å². The Balaban J connectivity index is 1.59. The summed E-state index contributed by atoms with van der Waals surface area (Å²) in [5.74, 6) is -0.137. The van der Waals surface area contributed by atoms with Gasteiger partial charge in [0.2, 0.25) is 0 Å². The van der Waals surface area contributed by atoms with Crippen molar-refractivity contribution in [2.45, 2.75) is 31.8 Å². The number of fused-ring (bicyclic) bond motifs is 1. The predicted molar refractivity (Wildman–Crippen MR) is 96.3 cm³/mol. The first-order valence-corrected chi connectivity index (χ1v) is 9.45. The largest absolute Gasteiger partial charge is 0.378 e. The van der Waals surface area contributed by atoms with E-state index in [9.17, 15) is 9.59 Å². The maximum Gasteiger partial charge on any atom is 0.262 e. The maximum atomic E-state index is 12.8. The zero-order chi connectivity index (χ0) is 17.6. The normalized spacial score (nSPS) is 24.2. The van der Waals surface area contributed by atoms with Gasteiger partial charge in [-0.15, -0.1) is 11.3 Å². The molecular formula is C17H22N4O3S. The van der Waals surface area contributed by atoms with Crippen molar-refractivity contribution in [3.05, 3.63) is 27.1 Å². The molecule has 2 aromatic rings. The second-order valence-electron chi connectivity index (χ2n) is 6.82. The van der Waals surface area contributed by atoms with E-state index in [2.05, 4.69) is 15.2 Å². The lowest BCUT2D eigenvalue weighted by atomic mass is 10.1. The summed E-state index contributed by atoms with van der Waals surface area (Å²) >= 11 is 1.28. The van der Waals surface area contributed by atoms with E-state index in [1.54, 1.807) is 7.05 Å². The van der Waals surface area contributed by atoms with Crippen LogP contribution in [0.2, 0.25) is 0 Å². The second-order valence-corrected chi connectivity index (χ2v) is 7.82. The molecule has 2 saturated heterocycles. The van der Waals surface area contributed by atoms with Crippen LogP contribution in [0.4, 0.5) is 0 Å². The number of hydrogen-bond donors (Lipinski definition) is 1. The number of likely N-dealkylation sites (tertiary alicyclic amines) is 1. The first-order chi connectivity index (χ1) is 12.1. The molecule has 0 unspecified atom stereocenters. The molecule has 2 aromatic heterocycles. The Kier molecular flexibility index (Phi) is 4.35. The molecule has 0 aliphatic carbocycles. The molecule has 0 spiro atoms. The first-order valence-electron chi connectivity index (χ1n) is 8.63. The molecule has 2 aliphatic heterocycles. The fourth-order valence-electron chi connectivity index (χ4n) is 3.77. The van der Waals surface area contributed by atoms with Crippen molar-refractivity contribution in [3.8, 4) is 0 Å². The molecule has 4 rings (SSSR count). The highest BCUT2D eigenvalue weighted by Gasteiger charge is 2.36. The zero-order valence-corrected chi connectivity index (χ0v) is 15.3. The Morgan fingerprint density at radius 3 is 2.88 bits per heavy atom. The molecule has 0 bridgehead atoms. The highest BCUT2D eigenvalue weighted by atomic mass is 32.1. The summed E-state index contributed by atoms with van der Waals surface area (Å²) in [6.07, 6.45) is 3.92. The van der Waals surface area contributed by atoms with E-state index in [4.69, 9.17) is 4.74 Å². The van der Waals surface area contributed by atoms with E-state index in [-0.39, 0.29) is 23.6 Å². The summed E-state index contributed by atoms with van der Waals surface area (Å²) in [4.78, 5) is 33.0. The molecule has 8 heteroatoms. The number of amides is 1. The summed E-state index contributed by atoms with van der Waals surface area (Å²) < 4.78 is 7.07. The number of nitrogens with zero attached hydrogens (tertiary/aromatic N) is 3. The lowest BCUT2D eigenvalue weighted by molar-refractivity contribution is 0.0920. The molecule has 2 fully saturated rings. The van der Waals surface area contributed by atoms with Crippen molar-refractivity contribution in [2.24, 2.45) is 7.05 Å². The molecule has 134 valence electrons. The van der Waals surface area contributed by atoms with Crippen LogP contribution in [0.5, 0.6) is 0 Å². The molecule has 25 heavy (non-hydrogen) atoms. The van der Waals surface area contributed by atoms with Gasteiger partial charge in [0.1, 0.15) is 4.83 Å². The smallest absolute Gasteiger partial charge is 0.262 e. The van der Waals surface area contributed by atoms with Crippen molar-refractivity contribution < 1.29 is 9.53 Å². The number of rotatable bonds is 3. The number of hydrogen-bond acceptors (Lipinski definition) is 6. The van der Waals surface area contributed by atoms with Crippen molar-refractivity contribution in [2.75, 3.05) is 26.3 Å². The summed E-state index contributed by atoms with van der Waals surface area (Å²) in [7, 11) is 1.67. The van der Waals surface area contributed by atoms with Crippen molar-refractivity contribution >= 4 is 27.5 Å². The molecule has 1 amide bonds. The van der Waals surface area contributed by atoms with Gasteiger partial charge in [-0.25, -0.2) is 4.98 Å². The Labute approximate surface area is 149 Å². The fraction of sp³-hybridized carbons (Fsp3) is 0.588. The van der Waals surface area contributed by atoms with Crippen molar-refractivity contribution in [1.29, 1.82) is 0 Å². The van der Waals surface area contributed by atoms with Gasteiger partial charge in [0, 0.05) is 7.05 Å². The molecule has 4 heterocycles. The van der Waals surface area contributed by atoms with Crippen LogP contribution in [-0.2, 0) is 11.8 Å². The van der Waals surface area contributed by atoms with Gasteiger partial charge in [-0.1, -0.05) is 0 Å². The van der Waals surface area contributed by atoms with Crippen LogP contribution >= 0.6 is 11.3 Å². The van der Waals surface area contributed by atoms with E-state index in [1.165, 1.54) is 35.1 Å². The Morgan fingerprint density at radius 1 is 1.36 bits per heavy atom. The van der Waals surface area contributed by atoms with Gasteiger partial charge >= 0.3 is 0 Å². The van der Waals surface area contributed by atoms with Crippen LogP contribution < -0.4 is 10.9 Å². The number of thiophene rings is 1. The van der Waals surface area contributed by atoms with Gasteiger partial charge in [0.15, 0.2) is 0 Å². The predicted octanol–water partition coefficient (Wildman–Crippen LogP) is 0.896. The maximum absolute atomic E-state index is 12.8. The van der Waals surface area contributed by atoms with Crippen molar-refractivity contribution in [3.63, 3.8) is 0 Å². The van der Waals surface area contributed by atoms with Crippen LogP contribution in [-0.4, -0.2) is 58.7 Å². The van der Waals surface area contributed by atoms with Gasteiger partial charge in [-0.3, -0.25) is 14.5 Å². The van der Waals surface area contributed by atoms with Gasteiger partial charge in [-0.2, -0.15) is 0 Å². The van der Waals surface area contributed by atoms with Crippen LogP contribution in [0, 0.1) is 6.92 Å². The minimum absolute atomic E-state index is 0.00833. The fourth-order valence-corrected chi connectivity index (χ4v) is 4.82. The van der Waals surface area contributed by atoms with Crippen LogP contribution in [0.1, 0.15) is 28.1 Å². The third-order valence-corrected chi connectivity index (χ3v) is 6.39. The van der Waals surface area contributed by atoms with Crippen molar-refractivity contribution in [1.82, 2.24) is 19.8 Å². The average molecular weight is 362 g/mol. The summed E-state index contributed by atoms with van der Waals surface area (Å²) in [6.45, 7) is 5.17. The standard InChI is InChI=1S/C17H22N4O3S/c1-10-13-16(18-9-20(2)17(13)23)25-14(10)15(22)19-11-7-24-8-12(11)21-5-3-4-6-21/h9,11-12H,3-8H2,1-2H3,(H,19,22)/t11-,12-/m1/s1. The second kappa shape index (κ2) is 6.51. The summed E-state index contributed by atoms with van der Waals surface area (Å²) in [5, 5.41) is 3.67. The van der Waals surface area contributed by atoms with Gasteiger partial charge in [0.05, 0.1) is 41.9 Å². The molecule has 0 radical (unpaired) electrons. The Morgan fingerprint density at radius 2 is 2.12 bits per heavy atom. The lowest BCUT2D eigenvalue weighted by Gasteiger charge is -2.27. The molecule has 2 aliphatic rings.